The highest BCUT2D eigenvalue weighted by molar-refractivity contribution is 5.73. The Kier molecular flexibility index (Phi) is 11.1. The molecule has 1 amide bonds. The largest absolute Gasteiger partial charge is 0.495 e. The molecular formula is C26H40N4O3. The van der Waals surface area contributed by atoms with Gasteiger partial charge in [0.15, 0.2) is 0 Å². The van der Waals surface area contributed by atoms with E-state index < -0.39 is 0 Å². The minimum atomic E-state index is 0.153. The summed E-state index contributed by atoms with van der Waals surface area (Å²) in [6.45, 7) is 14.0. The van der Waals surface area contributed by atoms with E-state index in [0.717, 1.165) is 68.5 Å². The van der Waals surface area contributed by atoms with Crippen molar-refractivity contribution in [2.45, 2.75) is 60.0 Å². The first kappa shape index (κ1) is 26.6. The van der Waals surface area contributed by atoms with Crippen LogP contribution in [0.3, 0.4) is 0 Å². The van der Waals surface area contributed by atoms with E-state index in [-0.39, 0.29) is 5.91 Å². The van der Waals surface area contributed by atoms with Crippen molar-refractivity contribution in [3.63, 3.8) is 0 Å². The van der Waals surface area contributed by atoms with Gasteiger partial charge in [-0.25, -0.2) is 4.98 Å². The molecule has 1 fully saturated rings. The average molecular weight is 457 g/mol. The zero-order valence-electron chi connectivity index (χ0n) is 21.1. The van der Waals surface area contributed by atoms with Crippen LogP contribution >= 0.6 is 0 Å². The van der Waals surface area contributed by atoms with E-state index in [1.165, 1.54) is 0 Å². The molecule has 0 saturated carbocycles. The molecule has 0 aromatic carbocycles. The number of aryl methyl sites for hydroxylation is 1. The minimum Gasteiger partial charge on any atom is -0.495 e. The third kappa shape index (κ3) is 8.65. The summed E-state index contributed by atoms with van der Waals surface area (Å²) in [5, 5.41) is 0. The predicted octanol–water partition coefficient (Wildman–Crippen LogP) is 4.49. The fourth-order valence-corrected chi connectivity index (χ4v) is 3.84. The molecule has 0 bridgehead atoms. The van der Waals surface area contributed by atoms with Gasteiger partial charge < -0.3 is 19.3 Å². The third-order valence-electron chi connectivity index (χ3n) is 5.62. The number of likely N-dealkylation sites (tertiary alicyclic amines) is 1. The van der Waals surface area contributed by atoms with Crippen LogP contribution in [0.4, 0.5) is 5.82 Å². The molecule has 0 spiro atoms. The van der Waals surface area contributed by atoms with Crippen LogP contribution in [0, 0.1) is 12.8 Å². The maximum Gasteiger partial charge on any atom is 0.219 e. The number of pyridine rings is 2. The highest BCUT2D eigenvalue weighted by atomic mass is 16.5. The van der Waals surface area contributed by atoms with Gasteiger partial charge in [-0.3, -0.25) is 9.78 Å². The first-order valence-electron chi connectivity index (χ1n) is 11.9. The summed E-state index contributed by atoms with van der Waals surface area (Å²) in [6.07, 6.45) is 5.56. The van der Waals surface area contributed by atoms with E-state index in [0.29, 0.717) is 12.0 Å². The molecule has 1 aliphatic heterocycles. The Morgan fingerprint density at radius 2 is 1.97 bits per heavy atom. The van der Waals surface area contributed by atoms with Gasteiger partial charge in [0, 0.05) is 58.2 Å². The smallest absolute Gasteiger partial charge is 0.219 e. The van der Waals surface area contributed by atoms with Crippen LogP contribution in [0.2, 0.25) is 0 Å². The zero-order valence-corrected chi connectivity index (χ0v) is 21.1. The molecule has 2 aromatic heterocycles. The number of carbonyl (C=O) groups is 1. The van der Waals surface area contributed by atoms with Crippen molar-refractivity contribution >= 4 is 11.7 Å². The molecule has 0 atom stereocenters. The summed E-state index contributed by atoms with van der Waals surface area (Å²) < 4.78 is 10.4. The number of anilines is 1. The molecule has 182 valence electrons. The molecule has 0 aliphatic carbocycles. The number of aromatic nitrogens is 2. The number of ether oxygens (including phenoxy) is 2. The Morgan fingerprint density at radius 1 is 1.24 bits per heavy atom. The van der Waals surface area contributed by atoms with Crippen molar-refractivity contribution < 1.29 is 14.3 Å². The first-order valence-corrected chi connectivity index (χ1v) is 11.9. The van der Waals surface area contributed by atoms with Crippen LogP contribution in [0.5, 0.6) is 5.75 Å². The van der Waals surface area contributed by atoms with E-state index in [9.17, 15) is 4.79 Å². The Hall–Kier alpha value is -2.67. The summed E-state index contributed by atoms with van der Waals surface area (Å²) >= 11 is 0. The van der Waals surface area contributed by atoms with Crippen molar-refractivity contribution in [2.75, 3.05) is 38.3 Å². The van der Waals surface area contributed by atoms with Gasteiger partial charge in [-0.05, 0) is 56.4 Å². The Balaban J connectivity index is 0.000000479. The number of methoxy groups -OCH3 is 1. The van der Waals surface area contributed by atoms with E-state index in [4.69, 9.17) is 14.5 Å². The topological polar surface area (TPSA) is 67.8 Å². The highest BCUT2D eigenvalue weighted by Crippen LogP contribution is 2.27. The lowest BCUT2D eigenvalue weighted by Gasteiger charge is -2.39. The van der Waals surface area contributed by atoms with Crippen LogP contribution in [0.25, 0.3) is 0 Å². The monoisotopic (exact) mass is 456 g/mol. The molecule has 0 radical (unpaired) electrons. The second-order valence-electron chi connectivity index (χ2n) is 8.74. The van der Waals surface area contributed by atoms with Crippen molar-refractivity contribution in [1.29, 1.82) is 0 Å². The molecule has 0 unspecified atom stereocenters. The first-order chi connectivity index (χ1) is 15.8. The third-order valence-corrected chi connectivity index (χ3v) is 5.62. The van der Waals surface area contributed by atoms with Crippen LogP contribution in [0.15, 0.2) is 36.7 Å². The number of amides is 1. The van der Waals surface area contributed by atoms with Gasteiger partial charge in [-0.15, -0.1) is 0 Å². The van der Waals surface area contributed by atoms with Gasteiger partial charge in [-0.1, -0.05) is 19.9 Å². The Morgan fingerprint density at radius 3 is 2.45 bits per heavy atom. The standard InChI is InChI=1S/C20H26N4O2.C6H14O/c1-15-19(26-3)6-7-20(22-15)24(14-17-5-4-10-21-13-17)18-8-11-23(12-9-18)16(2)25;1-4-7-5-6(2)3/h4-7,10,13,18H,8-9,11-12,14H2,1-3H3;6H,4-5H2,1-3H3. The molecule has 1 aliphatic rings. The van der Waals surface area contributed by atoms with Crippen molar-refractivity contribution in [3.05, 3.63) is 47.9 Å². The summed E-state index contributed by atoms with van der Waals surface area (Å²) in [5.74, 6) is 2.57. The van der Waals surface area contributed by atoms with Gasteiger partial charge in [0.05, 0.1) is 12.8 Å². The van der Waals surface area contributed by atoms with Crippen LogP contribution < -0.4 is 9.64 Å². The Labute approximate surface area is 199 Å². The summed E-state index contributed by atoms with van der Waals surface area (Å²) in [7, 11) is 1.66. The fourth-order valence-electron chi connectivity index (χ4n) is 3.84. The second kappa shape index (κ2) is 13.8. The number of piperidine rings is 1. The Bertz CT molecular complexity index is 837. The van der Waals surface area contributed by atoms with Crippen LogP contribution in [-0.4, -0.2) is 60.2 Å². The molecule has 33 heavy (non-hydrogen) atoms. The van der Waals surface area contributed by atoms with Crippen molar-refractivity contribution in [3.8, 4) is 5.75 Å². The molecule has 3 rings (SSSR count). The fraction of sp³-hybridized carbons (Fsp3) is 0.577. The zero-order chi connectivity index (χ0) is 24.2. The lowest BCUT2D eigenvalue weighted by Crippen LogP contribution is -2.46. The number of carbonyl (C=O) groups excluding carboxylic acids is 1. The summed E-state index contributed by atoms with van der Waals surface area (Å²) in [6, 6.07) is 8.36. The molecule has 0 N–H and O–H groups in total. The van der Waals surface area contributed by atoms with Crippen molar-refractivity contribution in [1.82, 2.24) is 14.9 Å². The highest BCUT2D eigenvalue weighted by Gasteiger charge is 2.27. The summed E-state index contributed by atoms with van der Waals surface area (Å²) in [5.41, 5.74) is 2.03. The lowest BCUT2D eigenvalue weighted by atomic mass is 10.0. The van der Waals surface area contributed by atoms with E-state index in [1.807, 2.05) is 43.1 Å². The minimum absolute atomic E-state index is 0.153. The quantitative estimate of drug-likeness (QED) is 0.583. The van der Waals surface area contributed by atoms with Gasteiger partial charge in [0.1, 0.15) is 11.6 Å². The van der Waals surface area contributed by atoms with Crippen LogP contribution in [-0.2, 0) is 16.1 Å². The molecule has 1 saturated heterocycles. The van der Waals surface area contributed by atoms with E-state index >= 15 is 0 Å². The molecular weight excluding hydrogens is 416 g/mol. The lowest BCUT2D eigenvalue weighted by molar-refractivity contribution is -0.129. The maximum absolute atomic E-state index is 11.6. The summed E-state index contributed by atoms with van der Waals surface area (Å²) in [4.78, 5) is 24.9. The van der Waals surface area contributed by atoms with E-state index in [1.54, 1.807) is 20.2 Å². The maximum atomic E-state index is 11.6. The van der Waals surface area contributed by atoms with E-state index in [2.05, 4.69) is 29.8 Å². The predicted molar refractivity (Wildman–Crippen MR) is 133 cm³/mol. The number of hydrogen-bond acceptors (Lipinski definition) is 6. The SMILES string of the molecule is CCOCC(C)C.COc1ccc(N(Cc2cccnc2)C2CCN(C(C)=O)CC2)nc1C. The van der Waals surface area contributed by atoms with Crippen molar-refractivity contribution in [2.24, 2.45) is 5.92 Å². The number of rotatable bonds is 8. The second-order valence-corrected chi connectivity index (χ2v) is 8.74. The average Bonchev–Trinajstić information content (AvgIpc) is 2.82. The molecule has 2 aromatic rings. The number of nitrogens with zero attached hydrogens (tertiary/aromatic N) is 4. The van der Waals surface area contributed by atoms with Crippen LogP contribution in [0.1, 0.15) is 51.8 Å². The van der Waals surface area contributed by atoms with Gasteiger partial charge in [0.2, 0.25) is 5.91 Å². The molecule has 7 heteroatoms. The number of hydrogen-bond donors (Lipinski definition) is 0. The molecule has 3 heterocycles. The normalized spacial score (nSPS) is 14.0. The van der Waals surface area contributed by atoms with Gasteiger partial charge in [0.25, 0.3) is 0 Å². The van der Waals surface area contributed by atoms with Gasteiger partial charge in [-0.2, -0.15) is 0 Å². The van der Waals surface area contributed by atoms with Gasteiger partial charge >= 0.3 is 0 Å². The molecule has 7 nitrogen and oxygen atoms in total.